The molecular weight excluding hydrogens is 308 g/mol. The molecule has 3 rings (SSSR count). The SMILES string of the molecule is C=C1[C@@H](OC(C)=O)C[C@H]2C[C@]3(C)[C@@H](OC(C)=O)CC(C)(C)[C@@H]3[C@@]12O. The van der Waals surface area contributed by atoms with E-state index in [4.69, 9.17) is 9.47 Å². The highest BCUT2D eigenvalue weighted by molar-refractivity contribution is 5.67. The van der Waals surface area contributed by atoms with Crippen molar-refractivity contribution in [2.24, 2.45) is 22.7 Å². The molecule has 0 aromatic heterocycles. The lowest BCUT2D eigenvalue weighted by atomic mass is 9.66. The number of hydrogen-bond donors (Lipinski definition) is 1. The van der Waals surface area contributed by atoms with Crippen LogP contribution in [0.25, 0.3) is 0 Å². The Labute approximate surface area is 143 Å². The summed E-state index contributed by atoms with van der Waals surface area (Å²) < 4.78 is 11.0. The van der Waals surface area contributed by atoms with E-state index in [9.17, 15) is 14.7 Å². The highest BCUT2D eigenvalue weighted by Gasteiger charge is 2.74. The van der Waals surface area contributed by atoms with Crippen molar-refractivity contribution in [2.45, 2.75) is 71.7 Å². The van der Waals surface area contributed by atoms with Gasteiger partial charge in [-0.25, -0.2) is 0 Å². The molecule has 6 atom stereocenters. The molecule has 24 heavy (non-hydrogen) atoms. The summed E-state index contributed by atoms with van der Waals surface area (Å²) in [6.45, 7) is 13.3. The van der Waals surface area contributed by atoms with Gasteiger partial charge in [-0.3, -0.25) is 9.59 Å². The van der Waals surface area contributed by atoms with Gasteiger partial charge in [-0.05, 0) is 36.2 Å². The standard InChI is InChI=1S/C19H28O5/c1-10-14(23-11(2)20)7-13-8-18(6)15(24-12(3)21)9-17(4,5)16(18)19(10,13)22/h13-16,22H,1,7-9H2,2-6H3/t13-,14-,15-,16-,18+,19+/m0/s1. The fraction of sp³-hybridized carbons (Fsp3) is 0.789. The van der Waals surface area contributed by atoms with E-state index in [1.807, 2.05) is 0 Å². The van der Waals surface area contributed by atoms with Gasteiger partial charge >= 0.3 is 11.9 Å². The third-order valence-electron chi connectivity index (χ3n) is 6.65. The van der Waals surface area contributed by atoms with Crippen molar-refractivity contribution in [3.63, 3.8) is 0 Å². The molecule has 3 aliphatic carbocycles. The van der Waals surface area contributed by atoms with E-state index in [1.54, 1.807) is 0 Å². The van der Waals surface area contributed by atoms with E-state index in [-0.39, 0.29) is 40.7 Å². The normalized spacial score (nSPS) is 45.7. The Morgan fingerprint density at radius 1 is 1.12 bits per heavy atom. The lowest BCUT2D eigenvalue weighted by Crippen LogP contribution is -2.47. The van der Waals surface area contributed by atoms with Gasteiger partial charge in [0.2, 0.25) is 0 Å². The molecule has 0 aromatic rings. The number of carbonyl (C=O) groups is 2. The Balaban J connectivity index is 1.98. The first-order valence-electron chi connectivity index (χ1n) is 8.69. The minimum atomic E-state index is -1.08. The van der Waals surface area contributed by atoms with Gasteiger partial charge in [0.05, 0.1) is 5.60 Å². The molecule has 134 valence electrons. The number of hydrogen-bond acceptors (Lipinski definition) is 5. The number of ether oxygens (including phenoxy) is 2. The minimum absolute atomic E-state index is 0.0259. The molecule has 5 heteroatoms. The molecule has 3 aliphatic rings. The van der Waals surface area contributed by atoms with E-state index in [0.717, 1.165) is 6.42 Å². The summed E-state index contributed by atoms with van der Waals surface area (Å²) >= 11 is 0. The Kier molecular flexibility index (Phi) is 3.69. The van der Waals surface area contributed by atoms with Gasteiger partial charge in [0.15, 0.2) is 0 Å². The van der Waals surface area contributed by atoms with E-state index < -0.39 is 11.7 Å². The molecule has 0 bridgehead atoms. The van der Waals surface area contributed by atoms with Crippen LogP contribution >= 0.6 is 0 Å². The monoisotopic (exact) mass is 336 g/mol. The fourth-order valence-corrected chi connectivity index (χ4v) is 6.24. The Hall–Kier alpha value is -1.36. The topological polar surface area (TPSA) is 72.8 Å². The van der Waals surface area contributed by atoms with Crippen LogP contribution in [0.3, 0.4) is 0 Å². The van der Waals surface area contributed by atoms with E-state index in [2.05, 4.69) is 27.4 Å². The quantitative estimate of drug-likeness (QED) is 0.620. The van der Waals surface area contributed by atoms with Crippen molar-refractivity contribution in [1.82, 2.24) is 0 Å². The highest BCUT2D eigenvalue weighted by atomic mass is 16.5. The number of fused-ring (bicyclic) bond motifs is 3. The molecule has 5 nitrogen and oxygen atoms in total. The smallest absolute Gasteiger partial charge is 0.303 e. The fourth-order valence-electron chi connectivity index (χ4n) is 6.24. The van der Waals surface area contributed by atoms with Crippen LogP contribution in [0, 0.1) is 22.7 Å². The first-order chi connectivity index (χ1) is 10.9. The average molecular weight is 336 g/mol. The summed E-state index contributed by atoms with van der Waals surface area (Å²) in [6.07, 6.45) is 1.42. The molecule has 0 amide bonds. The van der Waals surface area contributed by atoms with Crippen molar-refractivity contribution >= 4 is 11.9 Å². The van der Waals surface area contributed by atoms with Crippen LogP contribution in [0.15, 0.2) is 12.2 Å². The lowest BCUT2D eigenvalue weighted by molar-refractivity contribution is -0.153. The van der Waals surface area contributed by atoms with Crippen LogP contribution in [-0.2, 0) is 19.1 Å². The van der Waals surface area contributed by atoms with Gasteiger partial charge in [0.1, 0.15) is 12.2 Å². The van der Waals surface area contributed by atoms with Crippen molar-refractivity contribution in [3.05, 3.63) is 12.2 Å². The Bertz CT molecular complexity index is 609. The molecule has 0 unspecified atom stereocenters. The summed E-state index contributed by atoms with van der Waals surface area (Å²) in [5, 5.41) is 11.7. The zero-order valence-electron chi connectivity index (χ0n) is 15.2. The maximum atomic E-state index is 11.7. The molecule has 0 saturated heterocycles. The number of aliphatic hydroxyl groups is 1. The molecule has 3 fully saturated rings. The lowest BCUT2D eigenvalue weighted by Gasteiger charge is -2.42. The van der Waals surface area contributed by atoms with Gasteiger partial charge in [-0.2, -0.15) is 0 Å². The van der Waals surface area contributed by atoms with E-state index >= 15 is 0 Å². The molecule has 0 aliphatic heterocycles. The van der Waals surface area contributed by atoms with Gasteiger partial charge in [0, 0.05) is 25.2 Å². The first-order valence-corrected chi connectivity index (χ1v) is 8.69. The third-order valence-corrected chi connectivity index (χ3v) is 6.65. The zero-order valence-corrected chi connectivity index (χ0v) is 15.2. The summed E-state index contributed by atoms with van der Waals surface area (Å²) in [4.78, 5) is 22.9. The van der Waals surface area contributed by atoms with E-state index in [0.29, 0.717) is 18.4 Å². The van der Waals surface area contributed by atoms with E-state index in [1.165, 1.54) is 13.8 Å². The summed E-state index contributed by atoms with van der Waals surface area (Å²) in [6, 6.07) is 0. The zero-order chi connectivity index (χ0) is 18.1. The Morgan fingerprint density at radius 2 is 1.71 bits per heavy atom. The highest BCUT2D eigenvalue weighted by Crippen LogP contribution is 2.72. The second-order valence-corrected chi connectivity index (χ2v) is 8.82. The van der Waals surface area contributed by atoms with Gasteiger partial charge in [-0.15, -0.1) is 0 Å². The van der Waals surface area contributed by atoms with Crippen molar-refractivity contribution in [3.8, 4) is 0 Å². The molecular formula is C19H28O5. The second kappa shape index (κ2) is 5.07. The second-order valence-electron chi connectivity index (χ2n) is 8.82. The van der Waals surface area contributed by atoms with Crippen LogP contribution in [0.1, 0.15) is 53.9 Å². The van der Waals surface area contributed by atoms with Crippen molar-refractivity contribution in [2.75, 3.05) is 0 Å². The summed E-state index contributed by atoms with van der Waals surface area (Å²) in [5.41, 5.74) is -0.966. The predicted molar refractivity (Wildman–Crippen MR) is 87.9 cm³/mol. The maximum Gasteiger partial charge on any atom is 0.303 e. The maximum absolute atomic E-state index is 11.7. The van der Waals surface area contributed by atoms with Gasteiger partial charge < -0.3 is 14.6 Å². The Morgan fingerprint density at radius 3 is 2.25 bits per heavy atom. The van der Waals surface area contributed by atoms with Crippen LogP contribution in [0.4, 0.5) is 0 Å². The number of carbonyl (C=O) groups excluding carboxylic acids is 2. The molecule has 0 aromatic carbocycles. The summed E-state index contributed by atoms with van der Waals surface area (Å²) in [5.74, 6) is -0.740. The molecule has 1 N–H and O–H groups in total. The van der Waals surface area contributed by atoms with Crippen LogP contribution in [0.5, 0.6) is 0 Å². The van der Waals surface area contributed by atoms with Gasteiger partial charge in [-0.1, -0.05) is 27.4 Å². The minimum Gasteiger partial charge on any atom is -0.462 e. The molecule has 0 spiro atoms. The predicted octanol–water partition coefficient (Wildman–Crippen LogP) is 2.61. The summed E-state index contributed by atoms with van der Waals surface area (Å²) in [7, 11) is 0. The van der Waals surface area contributed by atoms with Gasteiger partial charge in [0.25, 0.3) is 0 Å². The molecule has 3 saturated carbocycles. The first kappa shape index (κ1) is 17.5. The van der Waals surface area contributed by atoms with Crippen molar-refractivity contribution < 1.29 is 24.2 Å². The number of rotatable bonds is 2. The van der Waals surface area contributed by atoms with Crippen LogP contribution in [-0.4, -0.2) is 34.9 Å². The van der Waals surface area contributed by atoms with Crippen molar-refractivity contribution in [1.29, 1.82) is 0 Å². The average Bonchev–Trinajstić information content (AvgIpc) is 2.84. The van der Waals surface area contributed by atoms with Crippen LogP contribution < -0.4 is 0 Å². The molecule has 0 radical (unpaired) electrons. The third kappa shape index (κ3) is 2.17. The molecule has 0 heterocycles. The number of esters is 2. The van der Waals surface area contributed by atoms with Crippen LogP contribution in [0.2, 0.25) is 0 Å². The largest absolute Gasteiger partial charge is 0.462 e.